The van der Waals surface area contributed by atoms with Crippen molar-refractivity contribution >= 4 is 5.57 Å². The summed E-state index contributed by atoms with van der Waals surface area (Å²) in [6.07, 6.45) is 7.31. The van der Waals surface area contributed by atoms with Gasteiger partial charge in [0.2, 0.25) is 5.88 Å². The molecule has 0 unspecified atom stereocenters. The average Bonchev–Trinajstić information content (AvgIpc) is 2.66. The molecule has 0 aliphatic heterocycles. The molecule has 0 saturated carbocycles. The van der Waals surface area contributed by atoms with E-state index in [1.807, 2.05) is 0 Å². The first kappa shape index (κ1) is 20.2. The molecule has 0 atom stereocenters. The molecule has 140 valence electrons. The Balaban J connectivity index is 2.70. The molecule has 1 aromatic heterocycles. The van der Waals surface area contributed by atoms with Crippen molar-refractivity contribution in [2.75, 3.05) is 7.11 Å². The standard InChI is InChI=1S/C23H32N2O/c1-7-12-19(13-8-2)20-16(5)24-22(25-23(20)26-6)21-17(9-3)14-11-15-18(21)10-4/h11-12,14-15H,7-10,13H2,1-6H3. The number of hydrogen-bond donors (Lipinski definition) is 0. The van der Waals surface area contributed by atoms with Gasteiger partial charge in [0.1, 0.15) is 0 Å². The summed E-state index contributed by atoms with van der Waals surface area (Å²) in [5.41, 5.74) is 7.09. The van der Waals surface area contributed by atoms with Crippen LogP contribution >= 0.6 is 0 Å². The molecule has 3 heteroatoms. The highest BCUT2D eigenvalue weighted by Gasteiger charge is 2.19. The lowest BCUT2D eigenvalue weighted by molar-refractivity contribution is 0.395. The number of nitrogens with zero attached hydrogens (tertiary/aromatic N) is 2. The van der Waals surface area contributed by atoms with E-state index in [4.69, 9.17) is 14.7 Å². The van der Waals surface area contributed by atoms with Crippen LogP contribution < -0.4 is 4.74 Å². The number of benzene rings is 1. The van der Waals surface area contributed by atoms with Crippen LogP contribution in [0.15, 0.2) is 24.3 Å². The average molecular weight is 353 g/mol. The van der Waals surface area contributed by atoms with Crippen LogP contribution in [0.5, 0.6) is 5.88 Å². The van der Waals surface area contributed by atoms with Crippen molar-refractivity contribution < 1.29 is 4.74 Å². The zero-order valence-electron chi connectivity index (χ0n) is 17.1. The number of ether oxygens (including phenoxy) is 1. The smallest absolute Gasteiger partial charge is 0.224 e. The Hall–Kier alpha value is -2.16. The number of rotatable bonds is 8. The lowest BCUT2D eigenvalue weighted by Crippen LogP contribution is -2.06. The normalized spacial score (nSPS) is 11.7. The van der Waals surface area contributed by atoms with E-state index in [2.05, 4.69) is 58.9 Å². The predicted octanol–water partition coefficient (Wildman–Crippen LogP) is 6.18. The summed E-state index contributed by atoms with van der Waals surface area (Å²) >= 11 is 0. The summed E-state index contributed by atoms with van der Waals surface area (Å²) in [6, 6.07) is 6.48. The summed E-state index contributed by atoms with van der Waals surface area (Å²) in [5.74, 6) is 1.47. The molecule has 0 bridgehead atoms. The van der Waals surface area contributed by atoms with Gasteiger partial charge in [0, 0.05) is 5.56 Å². The maximum Gasteiger partial charge on any atom is 0.224 e. The first-order valence-electron chi connectivity index (χ1n) is 9.84. The van der Waals surface area contributed by atoms with Gasteiger partial charge in [-0.15, -0.1) is 0 Å². The third-order valence-electron chi connectivity index (χ3n) is 4.76. The molecule has 0 saturated heterocycles. The fraction of sp³-hybridized carbons (Fsp3) is 0.478. The zero-order valence-corrected chi connectivity index (χ0v) is 17.1. The second kappa shape index (κ2) is 9.51. The van der Waals surface area contributed by atoms with Gasteiger partial charge in [-0.05, 0) is 49.3 Å². The Bertz CT molecular complexity index is 756. The predicted molar refractivity (Wildman–Crippen MR) is 111 cm³/mol. The summed E-state index contributed by atoms with van der Waals surface area (Å²) < 4.78 is 5.72. The first-order chi connectivity index (χ1) is 12.6. The van der Waals surface area contributed by atoms with E-state index in [0.717, 1.165) is 49.2 Å². The SMILES string of the molecule is CCC=C(CCC)c1c(C)nc(-c2c(CC)cccc2CC)nc1OC. The zero-order chi connectivity index (χ0) is 19.1. The maximum atomic E-state index is 5.72. The molecule has 26 heavy (non-hydrogen) atoms. The first-order valence-corrected chi connectivity index (χ1v) is 9.84. The van der Waals surface area contributed by atoms with E-state index < -0.39 is 0 Å². The van der Waals surface area contributed by atoms with Crippen LogP contribution in [-0.2, 0) is 12.8 Å². The van der Waals surface area contributed by atoms with Gasteiger partial charge in [0.15, 0.2) is 5.82 Å². The van der Waals surface area contributed by atoms with Crippen molar-refractivity contribution in [1.29, 1.82) is 0 Å². The van der Waals surface area contributed by atoms with Crippen molar-refractivity contribution in [3.05, 3.63) is 46.7 Å². The van der Waals surface area contributed by atoms with Gasteiger partial charge < -0.3 is 4.74 Å². The number of hydrogen-bond acceptors (Lipinski definition) is 3. The molecule has 0 amide bonds. The van der Waals surface area contributed by atoms with Crippen LogP contribution in [0.2, 0.25) is 0 Å². The highest BCUT2D eigenvalue weighted by molar-refractivity contribution is 5.73. The molecule has 0 aliphatic carbocycles. The van der Waals surface area contributed by atoms with Crippen LogP contribution in [0.4, 0.5) is 0 Å². The highest BCUT2D eigenvalue weighted by Crippen LogP contribution is 2.34. The molecule has 3 nitrogen and oxygen atoms in total. The molecule has 0 radical (unpaired) electrons. The molecular weight excluding hydrogens is 320 g/mol. The minimum atomic E-state index is 0.689. The van der Waals surface area contributed by atoms with Crippen LogP contribution in [0, 0.1) is 6.92 Å². The van der Waals surface area contributed by atoms with Crippen LogP contribution in [0.3, 0.4) is 0 Å². The van der Waals surface area contributed by atoms with Crippen LogP contribution in [0.1, 0.15) is 69.3 Å². The van der Waals surface area contributed by atoms with E-state index in [9.17, 15) is 0 Å². The fourth-order valence-electron chi connectivity index (χ4n) is 3.55. The third-order valence-corrected chi connectivity index (χ3v) is 4.76. The minimum Gasteiger partial charge on any atom is -0.480 e. The molecule has 0 aliphatic rings. The quantitative estimate of drug-likeness (QED) is 0.569. The Morgan fingerprint density at radius 2 is 1.69 bits per heavy atom. The van der Waals surface area contributed by atoms with Crippen molar-refractivity contribution in [1.82, 2.24) is 9.97 Å². The summed E-state index contributed by atoms with van der Waals surface area (Å²) in [5, 5.41) is 0. The van der Waals surface area contributed by atoms with E-state index in [-0.39, 0.29) is 0 Å². The van der Waals surface area contributed by atoms with Crippen molar-refractivity contribution in [2.45, 2.75) is 66.7 Å². The summed E-state index contributed by atoms with van der Waals surface area (Å²) in [6.45, 7) is 10.8. The Kier molecular flexibility index (Phi) is 7.38. The van der Waals surface area contributed by atoms with E-state index in [1.54, 1.807) is 7.11 Å². The number of methoxy groups -OCH3 is 1. The van der Waals surface area contributed by atoms with Gasteiger partial charge in [-0.3, -0.25) is 0 Å². The van der Waals surface area contributed by atoms with Gasteiger partial charge in [-0.25, -0.2) is 4.98 Å². The van der Waals surface area contributed by atoms with Gasteiger partial charge >= 0.3 is 0 Å². The van der Waals surface area contributed by atoms with Crippen LogP contribution in [0.25, 0.3) is 17.0 Å². The van der Waals surface area contributed by atoms with Crippen molar-refractivity contribution in [3.8, 4) is 17.3 Å². The maximum absolute atomic E-state index is 5.72. The second-order valence-corrected chi connectivity index (χ2v) is 6.56. The van der Waals surface area contributed by atoms with Crippen LogP contribution in [-0.4, -0.2) is 17.1 Å². The van der Waals surface area contributed by atoms with Gasteiger partial charge in [0.25, 0.3) is 0 Å². The van der Waals surface area contributed by atoms with E-state index in [0.29, 0.717) is 5.88 Å². The minimum absolute atomic E-state index is 0.689. The second-order valence-electron chi connectivity index (χ2n) is 6.56. The fourth-order valence-corrected chi connectivity index (χ4v) is 3.55. The van der Waals surface area contributed by atoms with E-state index >= 15 is 0 Å². The Labute approximate surface area is 158 Å². The molecule has 0 spiro atoms. The monoisotopic (exact) mass is 352 g/mol. The number of aryl methyl sites for hydroxylation is 3. The molecule has 2 rings (SSSR count). The van der Waals surface area contributed by atoms with Gasteiger partial charge in [-0.2, -0.15) is 4.98 Å². The largest absolute Gasteiger partial charge is 0.480 e. The van der Waals surface area contributed by atoms with E-state index in [1.165, 1.54) is 22.3 Å². The number of allylic oxidation sites excluding steroid dienone is 2. The topological polar surface area (TPSA) is 35.0 Å². The summed E-state index contributed by atoms with van der Waals surface area (Å²) in [7, 11) is 1.71. The molecule has 1 heterocycles. The molecule has 0 fully saturated rings. The number of aromatic nitrogens is 2. The van der Waals surface area contributed by atoms with Crippen molar-refractivity contribution in [2.24, 2.45) is 0 Å². The summed E-state index contributed by atoms with van der Waals surface area (Å²) in [4.78, 5) is 9.77. The lowest BCUT2D eigenvalue weighted by Gasteiger charge is -2.17. The lowest BCUT2D eigenvalue weighted by atomic mass is 9.96. The molecule has 0 N–H and O–H groups in total. The van der Waals surface area contributed by atoms with Crippen molar-refractivity contribution in [3.63, 3.8) is 0 Å². The Morgan fingerprint density at radius 3 is 2.19 bits per heavy atom. The van der Waals surface area contributed by atoms with Gasteiger partial charge in [-0.1, -0.05) is 58.4 Å². The molecular formula is C23H32N2O. The van der Waals surface area contributed by atoms with Gasteiger partial charge in [0.05, 0.1) is 18.4 Å². The highest BCUT2D eigenvalue weighted by atomic mass is 16.5. The molecule has 1 aromatic carbocycles. The molecule has 2 aromatic rings. The third kappa shape index (κ3) is 4.14. The Morgan fingerprint density at radius 1 is 1.04 bits per heavy atom.